The quantitative estimate of drug-likeness (QED) is 0.825. The van der Waals surface area contributed by atoms with Crippen molar-refractivity contribution in [1.82, 2.24) is 10.2 Å². The molecule has 0 saturated carbocycles. The van der Waals surface area contributed by atoms with Gasteiger partial charge in [0.1, 0.15) is 0 Å². The highest BCUT2D eigenvalue weighted by Gasteiger charge is 2.17. The number of piperazine rings is 1. The van der Waals surface area contributed by atoms with Crippen LogP contribution in [-0.4, -0.2) is 37.6 Å². The SMILES string of the molecule is Clc1ccc(C2=C(CN3CC[N]CC3)CCCCC2)cc1. The molecule has 0 amide bonds. The number of halogens is 1. The van der Waals surface area contributed by atoms with Crippen molar-refractivity contribution in [2.24, 2.45) is 0 Å². The molecule has 113 valence electrons. The maximum Gasteiger partial charge on any atom is 0.0406 e. The predicted octanol–water partition coefficient (Wildman–Crippen LogP) is 3.98. The smallest absolute Gasteiger partial charge is 0.0406 e. The number of hydrogen-bond acceptors (Lipinski definition) is 1. The first kappa shape index (κ1) is 15.1. The minimum Gasteiger partial charge on any atom is -0.297 e. The zero-order valence-corrected chi connectivity index (χ0v) is 13.4. The minimum absolute atomic E-state index is 0.826. The molecule has 2 nitrogen and oxygen atoms in total. The van der Waals surface area contributed by atoms with E-state index < -0.39 is 0 Å². The second-order valence-electron chi connectivity index (χ2n) is 6.10. The van der Waals surface area contributed by atoms with Crippen molar-refractivity contribution in [2.45, 2.75) is 32.1 Å². The minimum atomic E-state index is 0.826. The first-order chi connectivity index (χ1) is 10.3. The van der Waals surface area contributed by atoms with Crippen LogP contribution in [0.4, 0.5) is 0 Å². The third kappa shape index (κ3) is 4.09. The van der Waals surface area contributed by atoms with Crippen LogP contribution in [0.1, 0.15) is 37.7 Å². The van der Waals surface area contributed by atoms with Gasteiger partial charge in [-0.15, -0.1) is 0 Å². The van der Waals surface area contributed by atoms with Crippen molar-refractivity contribution in [3.8, 4) is 0 Å². The fourth-order valence-corrected chi connectivity index (χ4v) is 3.52. The van der Waals surface area contributed by atoms with Gasteiger partial charge in [-0.3, -0.25) is 4.90 Å². The molecule has 1 aliphatic carbocycles. The van der Waals surface area contributed by atoms with Crippen LogP contribution in [0, 0.1) is 0 Å². The van der Waals surface area contributed by atoms with Gasteiger partial charge in [0, 0.05) is 37.7 Å². The summed E-state index contributed by atoms with van der Waals surface area (Å²) in [7, 11) is 0. The summed E-state index contributed by atoms with van der Waals surface area (Å²) in [6.07, 6.45) is 6.48. The van der Waals surface area contributed by atoms with E-state index in [1.165, 1.54) is 37.7 Å². The van der Waals surface area contributed by atoms with E-state index in [-0.39, 0.29) is 0 Å². The van der Waals surface area contributed by atoms with Crippen LogP contribution in [-0.2, 0) is 0 Å². The lowest BCUT2D eigenvalue weighted by molar-refractivity contribution is 0.255. The van der Waals surface area contributed by atoms with Crippen molar-refractivity contribution in [1.29, 1.82) is 0 Å². The molecular formula is C18H24ClN2. The van der Waals surface area contributed by atoms with Crippen LogP contribution in [0.3, 0.4) is 0 Å². The molecule has 1 heterocycles. The summed E-state index contributed by atoms with van der Waals surface area (Å²) in [5.74, 6) is 0. The molecule has 0 N–H and O–H groups in total. The standard InChI is InChI=1S/C18H24ClN2/c19-17-8-6-15(7-9-17)18-5-3-1-2-4-16(18)14-21-12-10-20-11-13-21/h6-9H,1-5,10-14H2. The first-order valence-electron chi connectivity index (χ1n) is 8.15. The van der Waals surface area contributed by atoms with Crippen LogP contribution >= 0.6 is 11.6 Å². The maximum absolute atomic E-state index is 6.04. The number of hydrogen-bond donors (Lipinski definition) is 0. The molecule has 1 radical (unpaired) electrons. The third-order valence-corrected chi connectivity index (χ3v) is 4.84. The van der Waals surface area contributed by atoms with Crippen molar-refractivity contribution >= 4 is 17.2 Å². The molecule has 3 rings (SSSR count). The van der Waals surface area contributed by atoms with Gasteiger partial charge in [0.05, 0.1) is 0 Å². The van der Waals surface area contributed by atoms with E-state index in [4.69, 9.17) is 11.6 Å². The van der Waals surface area contributed by atoms with Gasteiger partial charge in [0.15, 0.2) is 0 Å². The molecule has 1 saturated heterocycles. The number of nitrogens with zero attached hydrogens (tertiary/aromatic N) is 2. The zero-order valence-electron chi connectivity index (χ0n) is 12.7. The highest BCUT2D eigenvalue weighted by Crippen LogP contribution is 2.32. The topological polar surface area (TPSA) is 17.3 Å². The molecule has 0 bridgehead atoms. The van der Waals surface area contributed by atoms with E-state index in [1.807, 2.05) is 12.1 Å². The van der Waals surface area contributed by atoms with E-state index in [1.54, 1.807) is 11.1 Å². The maximum atomic E-state index is 6.04. The van der Waals surface area contributed by atoms with Gasteiger partial charge in [-0.25, -0.2) is 5.32 Å². The summed E-state index contributed by atoms with van der Waals surface area (Å²) in [4.78, 5) is 2.57. The Morgan fingerprint density at radius 3 is 2.43 bits per heavy atom. The van der Waals surface area contributed by atoms with Gasteiger partial charge in [0.2, 0.25) is 0 Å². The van der Waals surface area contributed by atoms with Gasteiger partial charge < -0.3 is 0 Å². The lowest BCUT2D eigenvalue weighted by Gasteiger charge is -2.28. The summed E-state index contributed by atoms with van der Waals surface area (Å²) < 4.78 is 0. The Morgan fingerprint density at radius 1 is 0.952 bits per heavy atom. The number of benzene rings is 1. The molecular weight excluding hydrogens is 280 g/mol. The Balaban J connectivity index is 1.83. The van der Waals surface area contributed by atoms with Crippen LogP contribution in [0.15, 0.2) is 29.8 Å². The molecule has 3 heteroatoms. The molecule has 1 aromatic carbocycles. The van der Waals surface area contributed by atoms with Gasteiger partial charge in [0.25, 0.3) is 0 Å². The molecule has 1 aromatic rings. The monoisotopic (exact) mass is 303 g/mol. The fourth-order valence-electron chi connectivity index (χ4n) is 3.39. The average molecular weight is 304 g/mol. The van der Waals surface area contributed by atoms with E-state index >= 15 is 0 Å². The van der Waals surface area contributed by atoms with E-state index in [2.05, 4.69) is 22.3 Å². The lowest BCUT2D eigenvalue weighted by atomic mass is 9.95. The Labute approximate surface area is 133 Å². The van der Waals surface area contributed by atoms with Crippen molar-refractivity contribution in [2.75, 3.05) is 32.7 Å². The van der Waals surface area contributed by atoms with E-state index in [0.29, 0.717) is 0 Å². The van der Waals surface area contributed by atoms with Gasteiger partial charge >= 0.3 is 0 Å². The normalized spacial score (nSPS) is 21.4. The largest absolute Gasteiger partial charge is 0.297 e. The Bertz CT molecular complexity index is 486. The van der Waals surface area contributed by atoms with Crippen molar-refractivity contribution in [3.63, 3.8) is 0 Å². The van der Waals surface area contributed by atoms with E-state index in [9.17, 15) is 0 Å². The van der Waals surface area contributed by atoms with Crippen molar-refractivity contribution < 1.29 is 0 Å². The van der Waals surface area contributed by atoms with Gasteiger partial charge in [-0.2, -0.15) is 0 Å². The molecule has 21 heavy (non-hydrogen) atoms. The van der Waals surface area contributed by atoms with Gasteiger partial charge in [-0.05, 0) is 49.0 Å². The van der Waals surface area contributed by atoms with E-state index in [0.717, 1.165) is 37.7 Å². The molecule has 0 unspecified atom stereocenters. The summed E-state index contributed by atoms with van der Waals surface area (Å²) in [6, 6.07) is 8.42. The molecule has 0 aromatic heterocycles. The highest BCUT2D eigenvalue weighted by molar-refractivity contribution is 6.30. The zero-order chi connectivity index (χ0) is 14.5. The molecule has 0 spiro atoms. The van der Waals surface area contributed by atoms with Crippen molar-refractivity contribution in [3.05, 3.63) is 40.4 Å². The fraction of sp³-hybridized carbons (Fsp3) is 0.556. The second-order valence-corrected chi connectivity index (χ2v) is 6.53. The van der Waals surface area contributed by atoms with Crippen LogP contribution in [0.25, 0.3) is 5.57 Å². The number of allylic oxidation sites excluding steroid dienone is 1. The number of rotatable bonds is 3. The summed E-state index contributed by atoms with van der Waals surface area (Å²) in [6.45, 7) is 5.38. The lowest BCUT2D eigenvalue weighted by Crippen LogP contribution is -2.41. The first-order valence-corrected chi connectivity index (χ1v) is 8.53. The third-order valence-electron chi connectivity index (χ3n) is 4.59. The Morgan fingerprint density at radius 2 is 1.67 bits per heavy atom. The summed E-state index contributed by atoms with van der Waals surface area (Å²) in [5.41, 5.74) is 4.60. The molecule has 1 fully saturated rings. The Kier molecular flexibility index (Phi) is 5.34. The second kappa shape index (κ2) is 7.44. The highest BCUT2D eigenvalue weighted by atomic mass is 35.5. The van der Waals surface area contributed by atoms with Crippen LogP contribution in [0.2, 0.25) is 5.02 Å². The molecule has 2 aliphatic rings. The van der Waals surface area contributed by atoms with Gasteiger partial charge in [-0.1, -0.05) is 35.7 Å². The summed E-state index contributed by atoms with van der Waals surface area (Å²) >= 11 is 6.04. The molecule has 0 atom stereocenters. The Hall–Kier alpha value is -0.830. The molecule has 1 aliphatic heterocycles. The summed E-state index contributed by atoms with van der Waals surface area (Å²) in [5, 5.41) is 5.28. The average Bonchev–Trinajstić information content (AvgIpc) is 2.75. The van der Waals surface area contributed by atoms with Crippen LogP contribution < -0.4 is 5.32 Å². The van der Waals surface area contributed by atoms with Crippen LogP contribution in [0.5, 0.6) is 0 Å². The predicted molar refractivity (Wildman–Crippen MR) is 89.8 cm³/mol.